The molecule has 1 unspecified atom stereocenters. The maximum absolute atomic E-state index is 14.9. The molecule has 2 aromatic rings. The van der Waals surface area contributed by atoms with Gasteiger partial charge < -0.3 is 20.1 Å². The Balaban J connectivity index is 1.76. The normalized spacial score (nSPS) is 24.3. The SMILES string of the molecule is CC(C)OC(=O)[C@H](C)NP(=O)(OC[C@H]1S[C@@H](n2ccc(N)nc2=O)[C@@H](F)[C@@H]1O)Oc1ccc(Cl)cc1. The van der Waals surface area contributed by atoms with Gasteiger partial charge in [0.15, 0.2) is 6.17 Å². The molecule has 4 N–H and O–H groups in total. The van der Waals surface area contributed by atoms with Crippen LogP contribution in [0.2, 0.25) is 5.02 Å². The molecule has 0 bridgehead atoms. The fourth-order valence-electron chi connectivity index (χ4n) is 3.20. The second-order valence-electron chi connectivity index (χ2n) is 8.22. The molecule has 1 saturated heterocycles. The maximum atomic E-state index is 14.9. The average molecular weight is 565 g/mol. The fourth-order valence-corrected chi connectivity index (χ4v) is 6.37. The van der Waals surface area contributed by atoms with E-state index in [1.54, 1.807) is 13.8 Å². The van der Waals surface area contributed by atoms with Crippen molar-refractivity contribution < 1.29 is 32.6 Å². The van der Waals surface area contributed by atoms with Crippen molar-refractivity contribution in [3.05, 3.63) is 52.0 Å². The van der Waals surface area contributed by atoms with E-state index in [9.17, 15) is 23.7 Å². The molecule has 15 heteroatoms. The second-order valence-corrected chi connectivity index (χ2v) is 11.7. The maximum Gasteiger partial charge on any atom is 0.459 e. The molecule has 0 saturated carbocycles. The second kappa shape index (κ2) is 11.9. The Morgan fingerprint density at radius 1 is 1.33 bits per heavy atom. The Morgan fingerprint density at radius 3 is 2.61 bits per heavy atom. The van der Waals surface area contributed by atoms with Crippen LogP contribution in [0.15, 0.2) is 41.3 Å². The average Bonchev–Trinajstić information content (AvgIpc) is 3.07. The van der Waals surface area contributed by atoms with Crippen molar-refractivity contribution in [3.8, 4) is 5.75 Å². The summed E-state index contributed by atoms with van der Waals surface area (Å²) in [6.45, 7) is 4.30. The Morgan fingerprint density at radius 2 is 2.00 bits per heavy atom. The molecule has 0 spiro atoms. The van der Waals surface area contributed by atoms with E-state index in [1.807, 2.05) is 0 Å². The number of rotatable bonds is 10. The topological polar surface area (TPSA) is 155 Å². The van der Waals surface area contributed by atoms with Gasteiger partial charge in [0.2, 0.25) is 0 Å². The predicted octanol–water partition coefficient (Wildman–Crippen LogP) is 2.93. The summed E-state index contributed by atoms with van der Waals surface area (Å²) >= 11 is 6.78. The summed E-state index contributed by atoms with van der Waals surface area (Å²) < 4.78 is 45.7. The summed E-state index contributed by atoms with van der Waals surface area (Å²) in [7, 11) is -4.25. The quantitative estimate of drug-likeness (QED) is 0.288. The largest absolute Gasteiger partial charge is 0.462 e. The van der Waals surface area contributed by atoms with Gasteiger partial charge in [-0.25, -0.2) is 13.8 Å². The van der Waals surface area contributed by atoms with Crippen molar-refractivity contribution >= 4 is 42.9 Å². The minimum Gasteiger partial charge on any atom is -0.462 e. The standard InChI is InChI=1S/C21H27ClFN4O7PS/c1-11(2)33-20(29)12(3)26-35(31,34-14-6-4-13(22)5-7-14)32-10-15-18(28)17(23)19(36-15)27-9-8-16(24)25-21(27)30/h4-9,11-12,15,17-19,28H,10H2,1-3H3,(H,26,31)(H2,24,25,30)/t12-,15+,17-,18+,19+,35?/m0/s1. The van der Waals surface area contributed by atoms with E-state index in [-0.39, 0.29) is 11.6 Å². The van der Waals surface area contributed by atoms with E-state index in [1.165, 1.54) is 43.5 Å². The van der Waals surface area contributed by atoms with E-state index in [4.69, 9.17) is 31.1 Å². The molecule has 11 nitrogen and oxygen atoms in total. The number of ether oxygens (including phenoxy) is 1. The van der Waals surface area contributed by atoms with Crippen molar-refractivity contribution in [2.75, 3.05) is 12.3 Å². The lowest BCUT2D eigenvalue weighted by Crippen LogP contribution is -2.37. The number of nitrogens with one attached hydrogen (secondary N) is 1. The molecule has 0 aliphatic carbocycles. The van der Waals surface area contributed by atoms with Crippen LogP contribution in [0.3, 0.4) is 0 Å². The van der Waals surface area contributed by atoms with E-state index < -0.39 is 61.1 Å². The molecular weight excluding hydrogens is 538 g/mol. The third-order valence-corrected chi connectivity index (χ3v) is 8.35. The van der Waals surface area contributed by atoms with Crippen molar-refractivity contribution in [2.24, 2.45) is 0 Å². The molecule has 1 aromatic carbocycles. The van der Waals surface area contributed by atoms with E-state index in [2.05, 4.69) is 10.1 Å². The molecule has 1 aliphatic rings. The molecule has 198 valence electrons. The van der Waals surface area contributed by atoms with Crippen molar-refractivity contribution in [1.82, 2.24) is 14.6 Å². The van der Waals surface area contributed by atoms with E-state index in [0.717, 1.165) is 16.3 Å². The lowest BCUT2D eigenvalue weighted by molar-refractivity contribution is -0.149. The number of carbonyl (C=O) groups excluding carboxylic acids is 1. The molecule has 1 aliphatic heterocycles. The van der Waals surface area contributed by atoms with Crippen molar-refractivity contribution in [3.63, 3.8) is 0 Å². The Labute approximate surface area is 216 Å². The molecular formula is C21H27ClFN4O7PS. The van der Waals surface area contributed by atoms with Gasteiger partial charge in [0.05, 0.1) is 18.0 Å². The van der Waals surface area contributed by atoms with Crippen LogP contribution in [0, 0.1) is 0 Å². The van der Waals surface area contributed by atoms with Crippen LogP contribution in [0.25, 0.3) is 0 Å². The minimum absolute atomic E-state index is 0.0217. The zero-order valence-corrected chi connectivity index (χ0v) is 22.1. The van der Waals surface area contributed by atoms with E-state index in [0.29, 0.717) is 5.02 Å². The zero-order valence-electron chi connectivity index (χ0n) is 19.6. The summed E-state index contributed by atoms with van der Waals surface area (Å²) in [6, 6.07) is 6.15. The number of aliphatic hydroxyl groups excluding tert-OH is 1. The third kappa shape index (κ3) is 7.21. The number of esters is 1. The molecule has 3 rings (SSSR count). The lowest BCUT2D eigenvalue weighted by atomic mass is 10.1. The first kappa shape index (κ1) is 28.4. The highest BCUT2D eigenvalue weighted by Gasteiger charge is 2.46. The number of anilines is 1. The van der Waals surface area contributed by atoms with Gasteiger partial charge in [0.25, 0.3) is 0 Å². The highest BCUT2D eigenvalue weighted by atomic mass is 35.5. The number of aromatic nitrogens is 2. The van der Waals surface area contributed by atoms with Crippen LogP contribution < -0.4 is 21.0 Å². The lowest BCUT2D eigenvalue weighted by Gasteiger charge is -2.25. The van der Waals surface area contributed by atoms with Crippen LogP contribution >= 0.6 is 31.1 Å². The summed E-state index contributed by atoms with van der Waals surface area (Å²) in [5.74, 6) is -0.588. The monoisotopic (exact) mass is 564 g/mol. The number of thioether (sulfide) groups is 1. The Hall–Kier alpha value is -2.15. The Bertz CT molecular complexity index is 1170. The van der Waals surface area contributed by atoms with Crippen LogP contribution in [-0.2, 0) is 18.6 Å². The highest BCUT2D eigenvalue weighted by molar-refractivity contribution is 8.00. The van der Waals surface area contributed by atoms with Gasteiger partial charge in [-0.05, 0) is 51.1 Å². The van der Waals surface area contributed by atoms with Crippen LogP contribution in [0.5, 0.6) is 5.75 Å². The van der Waals surface area contributed by atoms with Crippen molar-refractivity contribution in [1.29, 1.82) is 0 Å². The minimum atomic E-state index is -4.25. The number of hydrogen-bond donors (Lipinski definition) is 3. The molecule has 6 atom stereocenters. The predicted molar refractivity (Wildman–Crippen MR) is 134 cm³/mol. The molecule has 36 heavy (non-hydrogen) atoms. The Kier molecular flexibility index (Phi) is 9.42. The summed E-state index contributed by atoms with van der Waals surface area (Å²) in [5, 5.41) is 11.3. The summed E-state index contributed by atoms with van der Waals surface area (Å²) in [5.41, 5.74) is 4.71. The summed E-state index contributed by atoms with van der Waals surface area (Å²) in [6.07, 6.45) is -2.54. The van der Waals surface area contributed by atoms with Crippen LogP contribution in [-0.4, -0.2) is 56.9 Å². The molecule has 0 amide bonds. The number of nitrogen functional groups attached to an aromatic ring is 1. The van der Waals surface area contributed by atoms with Gasteiger partial charge in [0.1, 0.15) is 29.1 Å². The van der Waals surface area contributed by atoms with Crippen LogP contribution in [0.4, 0.5) is 10.2 Å². The number of aliphatic hydroxyl groups is 1. The molecule has 2 heterocycles. The fraction of sp³-hybridized carbons (Fsp3) is 0.476. The zero-order chi connectivity index (χ0) is 26.6. The van der Waals surface area contributed by atoms with Gasteiger partial charge in [0, 0.05) is 11.2 Å². The highest BCUT2D eigenvalue weighted by Crippen LogP contribution is 2.49. The molecule has 1 fully saturated rings. The van der Waals surface area contributed by atoms with Gasteiger partial charge in [-0.15, -0.1) is 11.8 Å². The number of halogens is 2. The van der Waals surface area contributed by atoms with E-state index >= 15 is 0 Å². The molecule has 0 radical (unpaired) electrons. The number of nitrogens with two attached hydrogens (primary N) is 1. The number of nitrogens with zero attached hydrogens (tertiary/aromatic N) is 2. The van der Waals surface area contributed by atoms with Gasteiger partial charge in [-0.1, -0.05) is 11.6 Å². The van der Waals surface area contributed by atoms with Crippen LogP contribution in [0.1, 0.15) is 26.1 Å². The number of carbonyl (C=O) groups is 1. The van der Waals surface area contributed by atoms with Crippen molar-refractivity contribution in [2.45, 2.75) is 55.8 Å². The smallest absolute Gasteiger partial charge is 0.459 e. The van der Waals surface area contributed by atoms with Gasteiger partial charge in [-0.3, -0.25) is 13.9 Å². The summed E-state index contributed by atoms with van der Waals surface area (Å²) in [4.78, 5) is 28.0. The first-order valence-electron chi connectivity index (χ1n) is 10.9. The number of hydrogen-bond acceptors (Lipinski definition) is 10. The first-order chi connectivity index (χ1) is 16.9. The molecule has 1 aromatic heterocycles. The van der Waals surface area contributed by atoms with Gasteiger partial charge in [-0.2, -0.15) is 10.1 Å². The third-order valence-electron chi connectivity index (χ3n) is 4.92. The first-order valence-corrected chi connectivity index (χ1v) is 13.7. The van der Waals surface area contributed by atoms with Gasteiger partial charge >= 0.3 is 19.4 Å². The number of alkyl halides is 1. The number of benzene rings is 1.